The molecule has 0 unspecified atom stereocenters. The molecule has 1 saturated carbocycles. The molecule has 1 fully saturated rings. The summed E-state index contributed by atoms with van der Waals surface area (Å²) in [6.45, 7) is 2.43. The number of aliphatic carboxylic acids is 1. The lowest BCUT2D eigenvalue weighted by atomic mass is 9.83. The summed E-state index contributed by atoms with van der Waals surface area (Å²) in [7, 11) is 0. The normalized spacial score (nSPS) is 21.1. The Hall–Kier alpha value is -0.570. The fourth-order valence-corrected chi connectivity index (χ4v) is 2.90. The molecular weight excluding hydrogens is 214 g/mol. The summed E-state index contributed by atoms with van der Waals surface area (Å²) in [4.78, 5) is 10.9. The van der Waals surface area contributed by atoms with Gasteiger partial charge in [0.15, 0.2) is 0 Å². The fraction of sp³-hybridized carbons (Fsp3) is 0.929. The maximum atomic E-state index is 10.9. The molecule has 100 valence electrons. The lowest BCUT2D eigenvalue weighted by Gasteiger charge is -2.23. The largest absolute Gasteiger partial charge is 0.481 e. The van der Waals surface area contributed by atoms with E-state index >= 15 is 0 Å². The van der Waals surface area contributed by atoms with Crippen molar-refractivity contribution in [3.05, 3.63) is 0 Å². The van der Waals surface area contributed by atoms with Crippen LogP contribution < -0.4 is 5.73 Å². The van der Waals surface area contributed by atoms with E-state index in [1.165, 1.54) is 38.5 Å². The molecule has 1 aliphatic carbocycles. The molecule has 0 aromatic heterocycles. The Kier molecular flexibility index (Phi) is 6.56. The van der Waals surface area contributed by atoms with Crippen molar-refractivity contribution in [1.29, 1.82) is 0 Å². The van der Waals surface area contributed by atoms with Crippen LogP contribution in [0.25, 0.3) is 0 Å². The zero-order valence-corrected chi connectivity index (χ0v) is 11.0. The summed E-state index contributed by atoms with van der Waals surface area (Å²) >= 11 is 0. The van der Waals surface area contributed by atoms with E-state index in [-0.39, 0.29) is 12.5 Å². The van der Waals surface area contributed by atoms with E-state index in [9.17, 15) is 4.79 Å². The van der Waals surface area contributed by atoms with Crippen LogP contribution in [0, 0.1) is 17.8 Å². The predicted octanol–water partition coefficient (Wildman–Crippen LogP) is 3.03. The van der Waals surface area contributed by atoms with Gasteiger partial charge in [0.05, 0.1) is 5.92 Å². The number of carbonyl (C=O) groups is 1. The van der Waals surface area contributed by atoms with E-state index in [1.54, 1.807) is 0 Å². The minimum Gasteiger partial charge on any atom is -0.481 e. The van der Waals surface area contributed by atoms with Crippen LogP contribution in [0.1, 0.15) is 58.3 Å². The molecule has 1 aliphatic rings. The number of carboxylic acid groups (broad SMARTS) is 1. The van der Waals surface area contributed by atoms with Crippen LogP contribution in [-0.4, -0.2) is 17.6 Å². The first-order valence-corrected chi connectivity index (χ1v) is 7.06. The summed E-state index contributed by atoms with van der Waals surface area (Å²) in [5.41, 5.74) is 5.48. The second kappa shape index (κ2) is 7.70. The van der Waals surface area contributed by atoms with Gasteiger partial charge >= 0.3 is 5.97 Å². The molecule has 3 nitrogen and oxygen atoms in total. The third-order valence-corrected chi connectivity index (χ3v) is 4.11. The van der Waals surface area contributed by atoms with Crippen LogP contribution in [0.15, 0.2) is 0 Å². The summed E-state index contributed by atoms with van der Waals surface area (Å²) in [5, 5.41) is 8.96. The Balaban J connectivity index is 2.19. The van der Waals surface area contributed by atoms with Crippen molar-refractivity contribution >= 4 is 5.97 Å². The lowest BCUT2D eigenvalue weighted by molar-refractivity contribution is -0.141. The van der Waals surface area contributed by atoms with Gasteiger partial charge in [0.1, 0.15) is 0 Å². The number of nitrogens with two attached hydrogens (primary N) is 1. The van der Waals surface area contributed by atoms with Crippen LogP contribution in [0.4, 0.5) is 0 Å². The third-order valence-electron chi connectivity index (χ3n) is 4.11. The van der Waals surface area contributed by atoms with Gasteiger partial charge in [-0.1, -0.05) is 51.9 Å². The molecule has 0 spiro atoms. The zero-order valence-electron chi connectivity index (χ0n) is 11.0. The molecule has 17 heavy (non-hydrogen) atoms. The van der Waals surface area contributed by atoms with Gasteiger partial charge in [-0.2, -0.15) is 0 Å². The number of hydrogen-bond donors (Lipinski definition) is 2. The van der Waals surface area contributed by atoms with E-state index in [1.807, 2.05) is 0 Å². The Morgan fingerprint density at radius 2 is 2.00 bits per heavy atom. The van der Waals surface area contributed by atoms with Crippen LogP contribution in [-0.2, 0) is 4.79 Å². The molecular formula is C14H27NO2. The van der Waals surface area contributed by atoms with Crippen LogP contribution in [0.5, 0.6) is 0 Å². The Labute approximate surface area is 105 Å². The van der Waals surface area contributed by atoms with Crippen molar-refractivity contribution in [1.82, 2.24) is 0 Å². The van der Waals surface area contributed by atoms with Crippen molar-refractivity contribution in [3.8, 4) is 0 Å². The smallest absolute Gasteiger partial charge is 0.307 e. The molecule has 3 N–H and O–H groups in total. The second-order valence-electron chi connectivity index (χ2n) is 5.69. The molecule has 3 heteroatoms. The molecule has 0 radical (unpaired) electrons. The fourth-order valence-electron chi connectivity index (χ4n) is 2.90. The molecule has 0 heterocycles. The minimum absolute atomic E-state index is 0.267. The van der Waals surface area contributed by atoms with Gasteiger partial charge in [-0.15, -0.1) is 0 Å². The van der Waals surface area contributed by atoms with Crippen molar-refractivity contribution in [2.75, 3.05) is 6.54 Å². The van der Waals surface area contributed by atoms with Gasteiger partial charge < -0.3 is 10.8 Å². The maximum absolute atomic E-state index is 10.9. The monoisotopic (exact) mass is 241 g/mol. The van der Waals surface area contributed by atoms with Crippen molar-refractivity contribution in [2.24, 2.45) is 23.5 Å². The zero-order chi connectivity index (χ0) is 12.7. The van der Waals surface area contributed by atoms with Crippen molar-refractivity contribution < 1.29 is 9.90 Å². The standard InChI is InChI=1S/C14H27NO2/c1-11(9-13(10-15)14(16)17)7-8-12-5-3-2-4-6-12/h11-13H,2-10,15H2,1H3,(H,16,17)/t11-,13+/m0/s1. The van der Waals surface area contributed by atoms with Gasteiger partial charge in [0, 0.05) is 6.54 Å². The molecule has 0 saturated heterocycles. The van der Waals surface area contributed by atoms with Crippen molar-refractivity contribution in [3.63, 3.8) is 0 Å². The first-order valence-electron chi connectivity index (χ1n) is 7.06. The topological polar surface area (TPSA) is 63.3 Å². The van der Waals surface area contributed by atoms with Crippen LogP contribution >= 0.6 is 0 Å². The van der Waals surface area contributed by atoms with E-state index in [0.29, 0.717) is 5.92 Å². The van der Waals surface area contributed by atoms with E-state index in [2.05, 4.69) is 6.92 Å². The quantitative estimate of drug-likeness (QED) is 0.720. The van der Waals surface area contributed by atoms with Crippen molar-refractivity contribution in [2.45, 2.75) is 58.3 Å². The number of carboxylic acids is 1. The highest BCUT2D eigenvalue weighted by Gasteiger charge is 2.20. The molecule has 1 rings (SSSR count). The Morgan fingerprint density at radius 1 is 1.35 bits per heavy atom. The van der Waals surface area contributed by atoms with E-state index in [0.717, 1.165) is 18.8 Å². The maximum Gasteiger partial charge on any atom is 0.307 e. The molecule has 0 amide bonds. The average Bonchev–Trinajstić information content (AvgIpc) is 2.34. The molecule has 0 aromatic carbocycles. The highest BCUT2D eigenvalue weighted by atomic mass is 16.4. The first-order chi connectivity index (χ1) is 8.13. The van der Waals surface area contributed by atoms with E-state index < -0.39 is 5.97 Å². The minimum atomic E-state index is -0.739. The highest BCUT2D eigenvalue weighted by molar-refractivity contribution is 5.70. The number of hydrogen-bond acceptors (Lipinski definition) is 2. The summed E-state index contributed by atoms with van der Waals surface area (Å²) in [6, 6.07) is 0. The average molecular weight is 241 g/mol. The predicted molar refractivity (Wildman–Crippen MR) is 69.8 cm³/mol. The second-order valence-corrected chi connectivity index (χ2v) is 5.69. The Bertz CT molecular complexity index is 224. The Morgan fingerprint density at radius 3 is 2.53 bits per heavy atom. The van der Waals surface area contributed by atoms with E-state index in [4.69, 9.17) is 10.8 Å². The van der Waals surface area contributed by atoms with Gasteiger partial charge in [0.25, 0.3) is 0 Å². The molecule has 0 bridgehead atoms. The van der Waals surface area contributed by atoms with Gasteiger partial charge in [0.2, 0.25) is 0 Å². The summed E-state index contributed by atoms with van der Waals surface area (Å²) < 4.78 is 0. The number of rotatable bonds is 7. The highest BCUT2D eigenvalue weighted by Crippen LogP contribution is 2.29. The molecule has 2 atom stereocenters. The van der Waals surface area contributed by atoms with Gasteiger partial charge in [-0.05, 0) is 18.3 Å². The SMILES string of the molecule is C[C@@H](CCC1CCCCC1)C[C@H](CN)C(=O)O. The van der Waals surface area contributed by atoms with Gasteiger partial charge in [-0.3, -0.25) is 4.79 Å². The molecule has 0 aliphatic heterocycles. The van der Waals surface area contributed by atoms with Crippen LogP contribution in [0.2, 0.25) is 0 Å². The first kappa shape index (κ1) is 14.5. The molecule has 0 aromatic rings. The summed E-state index contributed by atoms with van der Waals surface area (Å²) in [5.74, 6) is 0.294. The third kappa shape index (κ3) is 5.53. The van der Waals surface area contributed by atoms with Gasteiger partial charge in [-0.25, -0.2) is 0 Å². The summed E-state index contributed by atoms with van der Waals surface area (Å²) in [6.07, 6.45) is 10.1. The lowest BCUT2D eigenvalue weighted by Crippen LogP contribution is -2.25. The van der Waals surface area contributed by atoms with Crippen LogP contribution in [0.3, 0.4) is 0 Å².